The molecule has 0 spiro atoms. The predicted molar refractivity (Wildman–Crippen MR) is 98.9 cm³/mol. The number of thioether (sulfide) groups is 1. The number of rotatable bonds is 3. The fourth-order valence-corrected chi connectivity index (χ4v) is 5.22. The normalized spacial score (nSPS) is 29.5. The highest BCUT2D eigenvalue weighted by molar-refractivity contribution is 7.99. The molecule has 3 heterocycles. The maximum absolute atomic E-state index is 9.56. The topological polar surface area (TPSA) is 52.5 Å². The summed E-state index contributed by atoms with van der Waals surface area (Å²) in [5.74, 6) is 5.01. The summed E-state index contributed by atoms with van der Waals surface area (Å²) in [4.78, 5) is 14.4. The highest BCUT2D eigenvalue weighted by Gasteiger charge is 2.31. The van der Waals surface area contributed by atoms with Crippen LogP contribution in [-0.2, 0) is 0 Å². The highest BCUT2D eigenvalue weighted by Crippen LogP contribution is 2.36. The molecule has 3 fully saturated rings. The third-order valence-electron chi connectivity index (χ3n) is 5.72. The molecule has 5 nitrogen and oxygen atoms in total. The summed E-state index contributed by atoms with van der Waals surface area (Å²) >= 11 is 2.10. The second kappa shape index (κ2) is 7.18. The van der Waals surface area contributed by atoms with E-state index in [1.165, 1.54) is 24.3 Å². The van der Waals surface area contributed by atoms with E-state index < -0.39 is 0 Å². The minimum Gasteiger partial charge on any atom is -0.393 e. The number of hydrogen-bond acceptors (Lipinski definition) is 6. The first-order chi connectivity index (χ1) is 11.7. The Morgan fingerprint density at radius 1 is 1.08 bits per heavy atom. The van der Waals surface area contributed by atoms with Crippen LogP contribution in [0.4, 0.5) is 5.82 Å². The van der Waals surface area contributed by atoms with E-state index in [1.807, 2.05) is 6.92 Å². The quantitative estimate of drug-likeness (QED) is 0.902. The lowest BCUT2D eigenvalue weighted by molar-refractivity contribution is 0.0731. The predicted octanol–water partition coefficient (Wildman–Crippen LogP) is 2.04. The fraction of sp³-hybridized carbons (Fsp3) is 0.778. The van der Waals surface area contributed by atoms with Crippen molar-refractivity contribution in [1.29, 1.82) is 0 Å². The smallest absolute Gasteiger partial charge is 0.132 e. The molecule has 24 heavy (non-hydrogen) atoms. The van der Waals surface area contributed by atoms with Gasteiger partial charge in [-0.15, -0.1) is 0 Å². The molecule has 132 valence electrons. The molecule has 0 unspecified atom stereocenters. The van der Waals surface area contributed by atoms with Gasteiger partial charge in [0.15, 0.2) is 0 Å². The van der Waals surface area contributed by atoms with Crippen LogP contribution in [-0.4, -0.2) is 69.8 Å². The van der Waals surface area contributed by atoms with Gasteiger partial charge >= 0.3 is 0 Å². The van der Waals surface area contributed by atoms with Crippen molar-refractivity contribution < 1.29 is 5.11 Å². The van der Waals surface area contributed by atoms with E-state index in [-0.39, 0.29) is 6.10 Å². The van der Waals surface area contributed by atoms with Crippen LogP contribution in [0.1, 0.15) is 43.1 Å². The molecular formula is C18H28N4OS. The Labute approximate surface area is 148 Å². The monoisotopic (exact) mass is 348 g/mol. The summed E-state index contributed by atoms with van der Waals surface area (Å²) in [5.41, 5.74) is 1.12. The first-order valence-electron chi connectivity index (χ1n) is 9.29. The Balaban J connectivity index is 1.40. The van der Waals surface area contributed by atoms with Gasteiger partial charge in [-0.25, -0.2) is 9.97 Å². The number of aromatic nitrogens is 2. The number of aliphatic hydroxyl groups is 1. The van der Waals surface area contributed by atoms with Gasteiger partial charge < -0.3 is 10.0 Å². The molecule has 1 N–H and O–H groups in total. The summed E-state index contributed by atoms with van der Waals surface area (Å²) < 4.78 is 0. The molecule has 1 aliphatic carbocycles. The average molecular weight is 349 g/mol. The van der Waals surface area contributed by atoms with Crippen molar-refractivity contribution in [2.24, 2.45) is 0 Å². The van der Waals surface area contributed by atoms with Gasteiger partial charge in [0.25, 0.3) is 0 Å². The van der Waals surface area contributed by atoms with Crippen molar-refractivity contribution in [2.45, 2.75) is 50.7 Å². The third-order valence-corrected chi connectivity index (χ3v) is 6.77. The minimum atomic E-state index is -0.133. The summed E-state index contributed by atoms with van der Waals surface area (Å²) in [6.45, 7) is 6.41. The van der Waals surface area contributed by atoms with Crippen LogP contribution in [0.15, 0.2) is 6.07 Å². The van der Waals surface area contributed by atoms with Gasteiger partial charge in [0.05, 0.1) is 6.10 Å². The molecule has 4 rings (SSSR count). The van der Waals surface area contributed by atoms with Gasteiger partial charge in [0, 0.05) is 49.9 Å². The molecular weight excluding hydrogens is 320 g/mol. The largest absolute Gasteiger partial charge is 0.393 e. The number of aliphatic hydroxyl groups excluding tert-OH is 1. The molecule has 0 radical (unpaired) electrons. The summed E-state index contributed by atoms with van der Waals surface area (Å²) in [6, 6.07) is 2.96. The maximum Gasteiger partial charge on any atom is 0.132 e. The van der Waals surface area contributed by atoms with Crippen LogP contribution in [0, 0.1) is 6.92 Å². The van der Waals surface area contributed by atoms with E-state index in [0.717, 1.165) is 62.4 Å². The lowest BCUT2D eigenvalue weighted by Gasteiger charge is -2.41. The van der Waals surface area contributed by atoms with Crippen molar-refractivity contribution in [3.05, 3.63) is 17.6 Å². The molecule has 1 aromatic heterocycles. The van der Waals surface area contributed by atoms with Crippen molar-refractivity contribution in [2.75, 3.05) is 42.6 Å². The molecule has 2 saturated heterocycles. The number of nitrogens with zero attached hydrogens (tertiary/aromatic N) is 4. The molecule has 2 aliphatic heterocycles. The van der Waals surface area contributed by atoms with Crippen LogP contribution in [0.3, 0.4) is 0 Å². The molecule has 0 bridgehead atoms. The van der Waals surface area contributed by atoms with E-state index in [0.29, 0.717) is 5.92 Å². The summed E-state index contributed by atoms with van der Waals surface area (Å²) in [6.07, 6.45) is 4.27. The Morgan fingerprint density at radius 3 is 2.46 bits per heavy atom. The molecule has 0 atom stereocenters. The van der Waals surface area contributed by atoms with E-state index in [2.05, 4.69) is 37.6 Å². The first-order valence-corrected chi connectivity index (χ1v) is 10.4. The van der Waals surface area contributed by atoms with Crippen LogP contribution in [0.2, 0.25) is 0 Å². The zero-order valence-corrected chi connectivity index (χ0v) is 15.3. The van der Waals surface area contributed by atoms with Gasteiger partial charge in [-0.1, -0.05) is 0 Å². The average Bonchev–Trinajstić information content (AvgIpc) is 2.59. The molecule has 3 aliphatic rings. The molecule has 0 aromatic carbocycles. The Morgan fingerprint density at radius 2 is 1.79 bits per heavy atom. The number of aryl methyl sites for hydroxylation is 1. The SMILES string of the molecule is Cc1nc(C2CC(O)C2)cc(N2CCN(C3CCSCC3)CC2)n1. The van der Waals surface area contributed by atoms with Gasteiger partial charge in [-0.3, -0.25) is 4.90 Å². The molecule has 0 amide bonds. The van der Waals surface area contributed by atoms with Crippen LogP contribution >= 0.6 is 11.8 Å². The minimum absolute atomic E-state index is 0.133. The van der Waals surface area contributed by atoms with Gasteiger partial charge in [0.2, 0.25) is 0 Å². The van der Waals surface area contributed by atoms with Crippen LogP contribution < -0.4 is 4.90 Å². The third kappa shape index (κ3) is 3.55. The van der Waals surface area contributed by atoms with Crippen molar-refractivity contribution in [1.82, 2.24) is 14.9 Å². The Hall–Kier alpha value is -0.850. The molecule has 1 saturated carbocycles. The summed E-state index contributed by atoms with van der Waals surface area (Å²) in [7, 11) is 0. The van der Waals surface area contributed by atoms with E-state index in [4.69, 9.17) is 0 Å². The number of piperazine rings is 1. The number of hydrogen-bond donors (Lipinski definition) is 1. The lowest BCUT2D eigenvalue weighted by Crippen LogP contribution is -2.51. The van der Waals surface area contributed by atoms with E-state index in [9.17, 15) is 5.11 Å². The maximum atomic E-state index is 9.56. The van der Waals surface area contributed by atoms with Crippen molar-refractivity contribution >= 4 is 17.6 Å². The zero-order valence-electron chi connectivity index (χ0n) is 14.5. The van der Waals surface area contributed by atoms with Crippen molar-refractivity contribution in [3.63, 3.8) is 0 Å². The lowest BCUT2D eigenvalue weighted by atomic mass is 9.80. The number of anilines is 1. The fourth-order valence-electron chi connectivity index (χ4n) is 4.14. The zero-order chi connectivity index (χ0) is 16.5. The van der Waals surface area contributed by atoms with Crippen molar-refractivity contribution in [3.8, 4) is 0 Å². The van der Waals surface area contributed by atoms with E-state index >= 15 is 0 Å². The molecule has 1 aromatic rings. The first kappa shape index (κ1) is 16.6. The second-order valence-electron chi connectivity index (χ2n) is 7.39. The van der Waals surface area contributed by atoms with Crippen LogP contribution in [0.5, 0.6) is 0 Å². The standard InChI is InChI=1S/C18H28N4OS/c1-13-19-17(14-10-16(23)11-14)12-18(20-13)22-6-4-21(5-7-22)15-2-8-24-9-3-15/h12,14-16,23H,2-11H2,1H3. The van der Waals surface area contributed by atoms with E-state index in [1.54, 1.807) is 0 Å². The summed E-state index contributed by atoms with van der Waals surface area (Å²) in [5, 5.41) is 9.56. The van der Waals surface area contributed by atoms with Crippen LogP contribution in [0.25, 0.3) is 0 Å². The van der Waals surface area contributed by atoms with Gasteiger partial charge in [-0.2, -0.15) is 11.8 Å². The van der Waals surface area contributed by atoms with Gasteiger partial charge in [-0.05, 0) is 44.1 Å². The Kier molecular flexibility index (Phi) is 4.97. The Bertz CT molecular complexity index is 564. The van der Waals surface area contributed by atoms with Gasteiger partial charge in [0.1, 0.15) is 11.6 Å². The highest BCUT2D eigenvalue weighted by atomic mass is 32.2. The second-order valence-corrected chi connectivity index (χ2v) is 8.61. The molecule has 6 heteroatoms.